The van der Waals surface area contributed by atoms with Crippen molar-refractivity contribution < 1.29 is 4.79 Å². The summed E-state index contributed by atoms with van der Waals surface area (Å²) in [4.78, 5) is 18.9. The van der Waals surface area contributed by atoms with Crippen LogP contribution in [-0.4, -0.2) is 20.8 Å². The largest absolute Gasteiger partial charge is 0.298 e. The topological polar surface area (TPSA) is 47.8 Å². The van der Waals surface area contributed by atoms with Crippen molar-refractivity contribution in [3.63, 3.8) is 0 Å². The van der Waals surface area contributed by atoms with Gasteiger partial charge in [0, 0.05) is 30.6 Å². The molecule has 0 radical (unpaired) electrons. The number of hydrogen-bond acceptors (Lipinski definition) is 3. The number of hydrogen-bond donors (Lipinski definition) is 0. The van der Waals surface area contributed by atoms with Crippen molar-refractivity contribution in [1.29, 1.82) is 0 Å². The first-order valence-electron chi connectivity index (χ1n) is 4.79. The molecule has 0 bridgehead atoms. The highest BCUT2D eigenvalue weighted by Gasteiger charge is 2.03. The number of pyridine rings is 1. The van der Waals surface area contributed by atoms with Gasteiger partial charge in [0.05, 0.1) is 0 Å². The zero-order valence-electron chi connectivity index (χ0n) is 8.42. The molecule has 0 fully saturated rings. The number of carbonyl (C=O) groups is 1. The van der Waals surface area contributed by atoms with E-state index in [1.807, 2.05) is 23.8 Å². The highest BCUT2D eigenvalue weighted by molar-refractivity contribution is 5.74. The maximum atomic E-state index is 10.5. The molecule has 4 nitrogen and oxygen atoms in total. The lowest BCUT2D eigenvalue weighted by molar-refractivity contribution is 0.112. The molecule has 0 saturated heterocycles. The third-order valence-electron chi connectivity index (χ3n) is 2.19. The predicted molar refractivity (Wildman–Crippen MR) is 56.1 cm³/mol. The molecule has 0 aliphatic carbocycles. The van der Waals surface area contributed by atoms with Crippen molar-refractivity contribution in [1.82, 2.24) is 14.5 Å². The van der Waals surface area contributed by atoms with E-state index in [1.54, 1.807) is 18.5 Å². The number of carbonyl (C=O) groups excluding carboxylic acids is 1. The normalized spacial score (nSPS) is 10.2. The fourth-order valence-corrected chi connectivity index (χ4v) is 1.41. The summed E-state index contributed by atoms with van der Waals surface area (Å²) < 4.78 is 1.91. The van der Waals surface area contributed by atoms with E-state index >= 15 is 0 Å². The van der Waals surface area contributed by atoms with Crippen molar-refractivity contribution in [3.05, 3.63) is 42.1 Å². The van der Waals surface area contributed by atoms with E-state index in [0.29, 0.717) is 5.56 Å². The van der Waals surface area contributed by atoms with Crippen molar-refractivity contribution in [2.75, 3.05) is 0 Å². The Kier molecular flexibility index (Phi) is 2.58. The number of aromatic nitrogens is 3. The molecule has 2 rings (SSSR count). The molecule has 0 spiro atoms. The van der Waals surface area contributed by atoms with Gasteiger partial charge in [-0.25, -0.2) is 9.97 Å². The molecule has 0 aliphatic rings. The lowest BCUT2D eigenvalue weighted by Gasteiger charge is -2.04. The van der Waals surface area contributed by atoms with E-state index < -0.39 is 0 Å². The number of imidazole rings is 1. The first-order valence-corrected chi connectivity index (χ1v) is 4.79. The number of nitrogens with zero attached hydrogens (tertiary/aromatic N) is 3. The molecule has 76 valence electrons. The summed E-state index contributed by atoms with van der Waals surface area (Å²) in [6.45, 7) is 2.04. The molecule has 15 heavy (non-hydrogen) atoms. The van der Waals surface area contributed by atoms with Gasteiger partial charge in [-0.05, 0) is 12.1 Å². The first-order chi connectivity index (χ1) is 7.35. The molecule has 2 aromatic heterocycles. The van der Waals surface area contributed by atoms with Gasteiger partial charge in [-0.1, -0.05) is 6.92 Å². The Morgan fingerprint density at radius 1 is 1.40 bits per heavy atom. The van der Waals surface area contributed by atoms with Gasteiger partial charge in [-0.3, -0.25) is 9.36 Å². The molecule has 0 amide bonds. The number of aldehydes is 1. The van der Waals surface area contributed by atoms with E-state index in [9.17, 15) is 4.79 Å². The molecule has 0 atom stereocenters. The predicted octanol–water partition coefficient (Wildman–Crippen LogP) is 1.64. The Morgan fingerprint density at radius 3 is 2.87 bits per heavy atom. The molecule has 2 aromatic rings. The van der Waals surface area contributed by atoms with E-state index in [2.05, 4.69) is 9.97 Å². The number of rotatable bonds is 3. The SMILES string of the molecule is CCc1nccn1-c1ccc(C=O)cn1. The Bertz CT molecular complexity index is 459. The van der Waals surface area contributed by atoms with Crippen LogP contribution in [0.2, 0.25) is 0 Å². The van der Waals surface area contributed by atoms with Crippen LogP contribution < -0.4 is 0 Å². The molecular weight excluding hydrogens is 190 g/mol. The highest BCUT2D eigenvalue weighted by Crippen LogP contribution is 2.08. The van der Waals surface area contributed by atoms with E-state index in [1.165, 1.54) is 0 Å². The summed E-state index contributed by atoms with van der Waals surface area (Å²) in [5.74, 6) is 1.75. The van der Waals surface area contributed by atoms with Crippen LogP contribution in [0.3, 0.4) is 0 Å². The monoisotopic (exact) mass is 201 g/mol. The quantitative estimate of drug-likeness (QED) is 0.709. The number of aryl methyl sites for hydroxylation is 1. The Morgan fingerprint density at radius 2 is 2.27 bits per heavy atom. The molecule has 0 unspecified atom stereocenters. The summed E-state index contributed by atoms with van der Waals surface area (Å²) in [7, 11) is 0. The van der Waals surface area contributed by atoms with Gasteiger partial charge in [-0.15, -0.1) is 0 Å². The lowest BCUT2D eigenvalue weighted by Crippen LogP contribution is -2.01. The van der Waals surface area contributed by atoms with E-state index in [-0.39, 0.29) is 0 Å². The van der Waals surface area contributed by atoms with Gasteiger partial charge >= 0.3 is 0 Å². The zero-order valence-corrected chi connectivity index (χ0v) is 8.42. The van der Waals surface area contributed by atoms with Crippen molar-refractivity contribution in [2.45, 2.75) is 13.3 Å². The van der Waals surface area contributed by atoms with Crippen molar-refractivity contribution >= 4 is 6.29 Å². The van der Waals surface area contributed by atoms with Crippen LogP contribution in [0.1, 0.15) is 23.1 Å². The van der Waals surface area contributed by atoms with Crippen LogP contribution in [0, 0.1) is 0 Å². The van der Waals surface area contributed by atoms with Crippen LogP contribution in [0.5, 0.6) is 0 Å². The maximum absolute atomic E-state index is 10.5. The second-order valence-corrected chi connectivity index (χ2v) is 3.13. The standard InChI is InChI=1S/C11H11N3O/c1-2-10-12-5-6-14(10)11-4-3-9(8-15)7-13-11/h3-8H,2H2,1H3. The molecular formula is C11H11N3O. The first kappa shape index (κ1) is 9.58. The summed E-state index contributed by atoms with van der Waals surface area (Å²) in [6, 6.07) is 3.55. The summed E-state index contributed by atoms with van der Waals surface area (Å²) >= 11 is 0. The Hall–Kier alpha value is -1.97. The second kappa shape index (κ2) is 4.04. The minimum absolute atomic E-state index is 0.580. The Labute approximate surface area is 87.6 Å². The zero-order chi connectivity index (χ0) is 10.7. The minimum Gasteiger partial charge on any atom is -0.298 e. The smallest absolute Gasteiger partial charge is 0.151 e. The van der Waals surface area contributed by atoms with Gasteiger partial charge in [-0.2, -0.15) is 0 Å². The summed E-state index contributed by atoms with van der Waals surface area (Å²) in [6.07, 6.45) is 6.80. The van der Waals surface area contributed by atoms with Gasteiger partial charge in [0.2, 0.25) is 0 Å². The van der Waals surface area contributed by atoms with Gasteiger partial charge in [0.25, 0.3) is 0 Å². The maximum Gasteiger partial charge on any atom is 0.151 e. The van der Waals surface area contributed by atoms with Gasteiger partial charge in [0.15, 0.2) is 6.29 Å². The molecule has 0 saturated carbocycles. The average Bonchev–Trinajstić information content (AvgIpc) is 2.77. The molecule has 2 heterocycles. The Balaban J connectivity index is 2.41. The van der Waals surface area contributed by atoms with Crippen molar-refractivity contribution in [3.8, 4) is 5.82 Å². The van der Waals surface area contributed by atoms with Crippen LogP contribution in [-0.2, 0) is 6.42 Å². The molecule has 0 aliphatic heterocycles. The minimum atomic E-state index is 0.580. The summed E-state index contributed by atoms with van der Waals surface area (Å²) in [5, 5.41) is 0. The molecule has 0 aromatic carbocycles. The van der Waals surface area contributed by atoms with Crippen molar-refractivity contribution in [2.24, 2.45) is 0 Å². The third-order valence-corrected chi connectivity index (χ3v) is 2.19. The van der Waals surface area contributed by atoms with E-state index in [4.69, 9.17) is 0 Å². The summed E-state index contributed by atoms with van der Waals surface area (Å²) in [5.41, 5.74) is 0.580. The highest BCUT2D eigenvalue weighted by atomic mass is 16.1. The fraction of sp³-hybridized carbons (Fsp3) is 0.182. The van der Waals surface area contributed by atoms with E-state index in [0.717, 1.165) is 24.3 Å². The third kappa shape index (κ3) is 1.79. The van der Waals surface area contributed by atoms with Gasteiger partial charge < -0.3 is 0 Å². The average molecular weight is 201 g/mol. The fourth-order valence-electron chi connectivity index (χ4n) is 1.41. The van der Waals surface area contributed by atoms with Crippen LogP contribution in [0.4, 0.5) is 0 Å². The van der Waals surface area contributed by atoms with Crippen LogP contribution in [0.25, 0.3) is 5.82 Å². The van der Waals surface area contributed by atoms with Gasteiger partial charge in [0.1, 0.15) is 11.6 Å². The second-order valence-electron chi connectivity index (χ2n) is 3.13. The van der Waals surface area contributed by atoms with Crippen LogP contribution >= 0.6 is 0 Å². The molecule has 0 N–H and O–H groups in total. The molecule has 4 heteroatoms. The van der Waals surface area contributed by atoms with Crippen LogP contribution in [0.15, 0.2) is 30.7 Å². The lowest BCUT2D eigenvalue weighted by atomic mass is 10.3.